The molecule has 10 heteroatoms. The Hall–Kier alpha value is -4.83. The number of anilines is 2. The van der Waals surface area contributed by atoms with Gasteiger partial charge in [0.2, 0.25) is 5.91 Å². The zero-order chi connectivity index (χ0) is 27.9. The highest BCUT2D eigenvalue weighted by Crippen LogP contribution is 2.42. The number of benzene rings is 1. The van der Waals surface area contributed by atoms with Crippen molar-refractivity contribution >= 4 is 28.3 Å². The van der Waals surface area contributed by atoms with Gasteiger partial charge in [0.25, 0.3) is 0 Å². The van der Waals surface area contributed by atoms with E-state index >= 15 is 0 Å². The maximum absolute atomic E-state index is 12.4. The fraction of sp³-hybridized carbons (Fsp3) is 0.258. The van der Waals surface area contributed by atoms with E-state index in [0.29, 0.717) is 28.8 Å². The molecule has 2 fully saturated rings. The molecule has 1 aliphatic carbocycles. The number of likely N-dealkylation sites (tertiary alicyclic amines) is 1. The number of aromatic nitrogens is 5. The number of nitrogens with two attached hydrogens (primary N) is 1. The molecule has 0 spiro atoms. The van der Waals surface area contributed by atoms with E-state index < -0.39 is 0 Å². The number of carbonyl (C=O) groups excluding carboxylic acids is 1. The van der Waals surface area contributed by atoms with E-state index in [2.05, 4.69) is 37.4 Å². The van der Waals surface area contributed by atoms with Crippen molar-refractivity contribution in [3.63, 3.8) is 0 Å². The lowest BCUT2D eigenvalue weighted by Crippen LogP contribution is -2.47. The number of nitrogens with zero attached hydrogens (tertiary/aromatic N) is 6. The summed E-state index contributed by atoms with van der Waals surface area (Å²) in [5.74, 6) is 1.67. The quantitative estimate of drug-likeness (QED) is 0.291. The molecule has 7 rings (SSSR count). The predicted molar refractivity (Wildman–Crippen MR) is 157 cm³/mol. The van der Waals surface area contributed by atoms with Crippen LogP contribution in [0, 0.1) is 5.92 Å². The van der Waals surface area contributed by atoms with Gasteiger partial charge in [0, 0.05) is 83.4 Å². The standard InChI is InChI=1S/C31H30N8O2/c1-41-29-23(20-12-36-39(15-20)22-17-38(18-22)16-21-5-2-3-10-33-21)6-4-7-24(29)26-13-35-30(32)27-14-34-28(11-25(26)27)37-31(40)19-8-9-19/h2-7,10-15,19,22H,8-9,16-18H2,1H3,(H2,32,35)(H,34,37,40). The smallest absolute Gasteiger partial charge is 0.228 e. The molecular weight excluding hydrogens is 516 g/mol. The van der Waals surface area contributed by atoms with E-state index in [1.807, 2.05) is 53.5 Å². The maximum atomic E-state index is 12.4. The first kappa shape index (κ1) is 25.2. The molecule has 1 saturated carbocycles. The SMILES string of the molecule is COc1c(-c2cnn(C3CN(Cc4ccccn4)C3)c2)cccc1-c1cnc(N)c2cnc(NC(=O)C3CC3)cc12. The second-order valence-corrected chi connectivity index (χ2v) is 10.7. The van der Waals surface area contributed by atoms with E-state index in [0.717, 1.165) is 65.8 Å². The second-order valence-electron chi connectivity index (χ2n) is 10.7. The van der Waals surface area contributed by atoms with Gasteiger partial charge in [-0.15, -0.1) is 0 Å². The lowest BCUT2D eigenvalue weighted by atomic mass is 9.96. The van der Waals surface area contributed by atoms with Crippen LogP contribution in [0.4, 0.5) is 11.6 Å². The lowest BCUT2D eigenvalue weighted by molar-refractivity contribution is -0.117. The highest BCUT2D eigenvalue weighted by atomic mass is 16.5. The molecule has 5 aromatic rings. The number of ether oxygens (including phenoxy) is 1. The summed E-state index contributed by atoms with van der Waals surface area (Å²) in [6.07, 6.45) is 11.1. The number of fused-ring (bicyclic) bond motifs is 1. The van der Waals surface area contributed by atoms with Gasteiger partial charge in [-0.25, -0.2) is 9.97 Å². The number of carbonyl (C=O) groups is 1. The highest BCUT2D eigenvalue weighted by molar-refractivity contribution is 6.05. The largest absolute Gasteiger partial charge is 0.495 e. The Balaban J connectivity index is 1.18. The molecular formula is C31H30N8O2. The van der Waals surface area contributed by atoms with Gasteiger partial charge >= 0.3 is 0 Å². The van der Waals surface area contributed by atoms with Crippen molar-refractivity contribution in [1.29, 1.82) is 0 Å². The molecule has 1 saturated heterocycles. The van der Waals surface area contributed by atoms with Gasteiger partial charge in [-0.05, 0) is 31.0 Å². The Morgan fingerprint density at radius 3 is 2.63 bits per heavy atom. The summed E-state index contributed by atoms with van der Waals surface area (Å²) in [6.45, 7) is 2.68. The van der Waals surface area contributed by atoms with Gasteiger partial charge in [0.05, 0.1) is 25.0 Å². The van der Waals surface area contributed by atoms with Crippen LogP contribution in [0.5, 0.6) is 5.75 Å². The Morgan fingerprint density at radius 2 is 1.85 bits per heavy atom. The zero-order valence-electron chi connectivity index (χ0n) is 22.7. The van der Waals surface area contributed by atoms with Crippen molar-refractivity contribution in [2.75, 3.05) is 31.2 Å². The lowest BCUT2D eigenvalue weighted by Gasteiger charge is -2.38. The van der Waals surface area contributed by atoms with Crippen LogP contribution in [0.2, 0.25) is 0 Å². The van der Waals surface area contributed by atoms with Crippen LogP contribution in [0.3, 0.4) is 0 Å². The summed E-state index contributed by atoms with van der Waals surface area (Å²) in [6, 6.07) is 14.2. The average Bonchev–Trinajstić information content (AvgIpc) is 3.73. The number of hydrogen-bond acceptors (Lipinski definition) is 8. The Kier molecular flexibility index (Phi) is 6.31. The van der Waals surface area contributed by atoms with Gasteiger partial charge in [0.1, 0.15) is 17.4 Å². The molecule has 0 radical (unpaired) electrons. The third kappa shape index (κ3) is 4.87. The van der Waals surface area contributed by atoms with Crippen LogP contribution in [0.25, 0.3) is 33.0 Å². The topological polar surface area (TPSA) is 124 Å². The average molecular weight is 547 g/mol. The van der Waals surface area contributed by atoms with Gasteiger partial charge in [-0.2, -0.15) is 5.10 Å². The van der Waals surface area contributed by atoms with Gasteiger partial charge in [-0.1, -0.05) is 24.3 Å². The molecule has 0 bridgehead atoms. The normalized spacial score (nSPS) is 15.5. The molecule has 5 heterocycles. The highest BCUT2D eigenvalue weighted by Gasteiger charge is 2.30. The fourth-order valence-corrected chi connectivity index (χ4v) is 5.45. The number of pyridine rings is 3. The van der Waals surface area contributed by atoms with Crippen LogP contribution in [-0.4, -0.2) is 55.7 Å². The molecule has 0 unspecified atom stereocenters. The molecule has 3 N–H and O–H groups in total. The molecule has 2 aliphatic rings. The summed E-state index contributed by atoms with van der Waals surface area (Å²) in [7, 11) is 1.67. The second kappa shape index (κ2) is 10.3. The molecule has 1 aliphatic heterocycles. The van der Waals surface area contributed by atoms with Crippen molar-refractivity contribution < 1.29 is 9.53 Å². The Bertz CT molecular complexity index is 1740. The van der Waals surface area contributed by atoms with Crippen molar-refractivity contribution in [3.8, 4) is 28.0 Å². The van der Waals surface area contributed by atoms with Crippen LogP contribution >= 0.6 is 0 Å². The Labute approximate surface area is 237 Å². The number of methoxy groups -OCH3 is 1. The van der Waals surface area contributed by atoms with E-state index in [-0.39, 0.29) is 11.8 Å². The van der Waals surface area contributed by atoms with E-state index in [1.165, 1.54) is 0 Å². The number of nitrogen functional groups attached to an aromatic ring is 1. The molecule has 41 heavy (non-hydrogen) atoms. The van der Waals surface area contributed by atoms with E-state index in [9.17, 15) is 4.79 Å². The van der Waals surface area contributed by atoms with Crippen molar-refractivity contribution in [1.82, 2.24) is 29.6 Å². The first-order valence-corrected chi connectivity index (χ1v) is 13.8. The molecule has 1 amide bonds. The third-order valence-corrected chi connectivity index (χ3v) is 7.85. The maximum Gasteiger partial charge on any atom is 0.228 e. The Morgan fingerprint density at radius 1 is 1.00 bits per heavy atom. The molecule has 10 nitrogen and oxygen atoms in total. The third-order valence-electron chi connectivity index (χ3n) is 7.85. The summed E-state index contributed by atoms with van der Waals surface area (Å²) in [5.41, 5.74) is 10.9. The molecule has 206 valence electrons. The summed E-state index contributed by atoms with van der Waals surface area (Å²) in [4.78, 5) is 28.1. The van der Waals surface area contributed by atoms with Crippen LogP contribution in [-0.2, 0) is 11.3 Å². The molecule has 4 aromatic heterocycles. The van der Waals surface area contributed by atoms with Crippen molar-refractivity contribution in [3.05, 3.63) is 79.1 Å². The van der Waals surface area contributed by atoms with E-state index in [1.54, 1.807) is 19.5 Å². The first-order chi connectivity index (χ1) is 20.1. The minimum atomic E-state index is 0.00309. The minimum Gasteiger partial charge on any atom is -0.495 e. The fourth-order valence-electron chi connectivity index (χ4n) is 5.45. The number of amides is 1. The van der Waals surface area contributed by atoms with Crippen LogP contribution in [0.1, 0.15) is 24.6 Å². The molecule has 0 atom stereocenters. The minimum absolute atomic E-state index is 0.00309. The zero-order valence-corrected chi connectivity index (χ0v) is 22.7. The van der Waals surface area contributed by atoms with Gasteiger partial charge < -0.3 is 15.8 Å². The summed E-state index contributed by atoms with van der Waals surface area (Å²) < 4.78 is 8.03. The van der Waals surface area contributed by atoms with E-state index in [4.69, 9.17) is 15.6 Å². The predicted octanol–water partition coefficient (Wildman–Crippen LogP) is 4.55. The van der Waals surface area contributed by atoms with Crippen LogP contribution < -0.4 is 15.8 Å². The van der Waals surface area contributed by atoms with Crippen LogP contribution in [0.15, 0.2) is 73.4 Å². The van der Waals surface area contributed by atoms with Gasteiger partial charge in [-0.3, -0.25) is 19.4 Å². The number of nitrogens with one attached hydrogen (secondary N) is 1. The summed E-state index contributed by atoms with van der Waals surface area (Å²) >= 11 is 0. The number of rotatable bonds is 8. The molecule has 1 aromatic carbocycles. The van der Waals surface area contributed by atoms with Gasteiger partial charge in [0.15, 0.2) is 0 Å². The summed E-state index contributed by atoms with van der Waals surface area (Å²) in [5, 5.41) is 9.19. The van der Waals surface area contributed by atoms with Crippen molar-refractivity contribution in [2.24, 2.45) is 5.92 Å². The van der Waals surface area contributed by atoms with Crippen molar-refractivity contribution in [2.45, 2.75) is 25.4 Å². The number of para-hydroxylation sites is 1. The monoisotopic (exact) mass is 546 g/mol. The number of hydrogen-bond donors (Lipinski definition) is 2. The first-order valence-electron chi connectivity index (χ1n) is 13.8.